The summed E-state index contributed by atoms with van der Waals surface area (Å²) < 4.78 is 19.2. The molecule has 2 heterocycles. The van der Waals surface area contributed by atoms with Crippen molar-refractivity contribution >= 4 is 0 Å². The van der Waals surface area contributed by atoms with E-state index < -0.39 is 0 Å². The fourth-order valence-electron chi connectivity index (χ4n) is 4.57. The van der Waals surface area contributed by atoms with Gasteiger partial charge in [0.25, 0.3) is 0 Å². The van der Waals surface area contributed by atoms with Crippen LogP contribution in [0.2, 0.25) is 0 Å². The highest BCUT2D eigenvalue weighted by atomic mass is 16.5. The second kappa shape index (κ2) is 9.48. The largest absolute Gasteiger partial charge is 0.493 e. The molecule has 1 atom stereocenters. The molecule has 0 radical (unpaired) electrons. The maximum Gasteiger partial charge on any atom is 0.203 e. The fourth-order valence-corrected chi connectivity index (χ4v) is 4.57. The number of aryl methyl sites for hydroxylation is 2. The zero-order chi connectivity index (χ0) is 21.8. The lowest BCUT2D eigenvalue weighted by Gasteiger charge is -2.31. The molecule has 0 spiro atoms. The first kappa shape index (κ1) is 21.3. The van der Waals surface area contributed by atoms with Crippen LogP contribution in [0.25, 0.3) is 0 Å². The Morgan fingerprint density at radius 3 is 2.16 bits per heavy atom. The van der Waals surface area contributed by atoms with Crippen molar-refractivity contribution in [3.05, 3.63) is 77.1 Å². The van der Waals surface area contributed by atoms with Crippen molar-refractivity contribution in [2.24, 2.45) is 0 Å². The zero-order valence-corrected chi connectivity index (χ0v) is 18.9. The fraction of sp³-hybridized carbons (Fsp3) is 0.385. The van der Waals surface area contributed by atoms with E-state index in [0.717, 1.165) is 38.0 Å². The molecule has 0 bridgehead atoms. The van der Waals surface area contributed by atoms with Crippen molar-refractivity contribution in [1.82, 2.24) is 9.47 Å². The number of methoxy groups -OCH3 is 3. The van der Waals surface area contributed by atoms with E-state index in [1.54, 1.807) is 21.3 Å². The van der Waals surface area contributed by atoms with Gasteiger partial charge < -0.3 is 18.8 Å². The highest BCUT2D eigenvalue weighted by Crippen LogP contribution is 2.43. The second-order valence-corrected chi connectivity index (χ2v) is 7.98. The first-order valence-corrected chi connectivity index (χ1v) is 10.9. The van der Waals surface area contributed by atoms with E-state index in [4.69, 9.17) is 14.2 Å². The molecule has 1 aromatic heterocycles. The van der Waals surface area contributed by atoms with Gasteiger partial charge in [0, 0.05) is 31.5 Å². The molecule has 31 heavy (non-hydrogen) atoms. The third-order valence-electron chi connectivity index (χ3n) is 6.17. The van der Waals surface area contributed by atoms with Crippen LogP contribution in [-0.4, -0.2) is 37.3 Å². The minimum atomic E-state index is 0.0945. The lowest BCUT2D eigenvalue weighted by molar-refractivity contribution is 0.219. The standard InChI is InChI=1S/C26H32N2O3/c1-5-19-9-11-20(12-10-19)18-28-15-7-14-27-13-6-8-22(27)25(28)21-16-23(29-2)26(31-4)24(17-21)30-3/h6,8-13,16-17,25H,5,7,14-15,18H2,1-4H3/t25-/m1/s1. The summed E-state index contributed by atoms with van der Waals surface area (Å²) in [6.07, 6.45) is 4.35. The predicted octanol–water partition coefficient (Wildman–Crippen LogP) is 5.07. The Hall–Kier alpha value is -2.92. The summed E-state index contributed by atoms with van der Waals surface area (Å²) in [5.41, 5.74) is 5.13. The van der Waals surface area contributed by atoms with Gasteiger partial charge in [0.2, 0.25) is 5.75 Å². The Balaban J connectivity index is 1.78. The smallest absolute Gasteiger partial charge is 0.203 e. The third kappa shape index (κ3) is 4.28. The van der Waals surface area contributed by atoms with Crippen molar-refractivity contribution in [1.29, 1.82) is 0 Å². The molecule has 0 N–H and O–H groups in total. The van der Waals surface area contributed by atoms with Crippen molar-refractivity contribution in [2.75, 3.05) is 27.9 Å². The first-order valence-electron chi connectivity index (χ1n) is 10.9. The second-order valence-electron chi connectivity index (χ2n) is 7.98. The zero-order valence-electron chi connectivity index (χ0n) is 18.9. The molecule has 1 aliphatic rings. The molecule has 164 valence electrons. The SMILES string of the molecule is CCc1ccc(CN2CCCn3cccc3[C@H]2c2cc(OC)c(OC)c(OC)c2)cc1. The van der Waals surface area contributed by atoms with E-state index in [-0.39, 0.29) is 6.04 Å². The maximum atomic E-state index is 5.66. The molecule has 2 aromatic carbocycles. The topological polar surface area (TPSA) is 35.9 Å². The molecule has 4 rings (SSSR count). The first-order chi connectivity index (χ1) is 15.2. The molecule has 5 heteroatoms. The van der Waals surface area contributed by atoms with Gasteiger partial charge in [0.05, 0.1) is 27.4 Å². The van der Waals surface area contributed by atoms with Gasteiger partial charge in [-0.3, -0.25) is 4.90 Å². The van der Waals surface area contributed by atoms with Gasteiger partial charge in [-0.05, 0) is 53.8 Å². The average molecular weight is 421 g/mol. The molecule has 0 aliphatic carbocycles. The van der Waals surface area contributed by atoms with Crippen LogP contribution in [0.1, 0.15) is 41.8 Å². The van der Waals surface area contributed by atoms with Gasteiger partial charge in [0.15, 0.2) is 11.5 Å². The molecular weight excluding hydrogens is 388 g/mol. The van der Waals surface area contributed by atoms with E-state index in [1.807, 2.05) is 0 Å². The molecule has 0 saturated heterocycles. The van der Waals surface area contributed by atoms with Gasteiger partial charge in [-0.1, -0.05) is 31.2 Å². The summed E-state index contributed by atoms with van der Waals surface area (Å²) in [7, 11) is 4.98. The van der Waals surface area contributed by atoms with Crippen LogP contribution >= 0.6 is 0 Å². The number of hydrogen-bond acceptors (Lipinski definition) is 4. The summed E-state index contributed by atoms with van der Waals surface area (Å²) in [6.45, 7) is 5.11. The lowest BCUT2D eigenvalue weighted by Crippen LogP contribution is -2.29. The third-order valence-corrected chi connectivity index (χ3v) is 6.17. The average Bonchev–Trinajstić information content (AvgIpc) is 3.19. The van der Waals surface area contributed by atoms with Crippen LogP contribution in [0.4, 0.5) is 0 Å². The van der Waals surface area contributed by atoms with Crippen molar-refractivity contribution in [2.45, 2.75) is 38.9 Å². The number of ether oxygens (including phenoxy) is 3. The van der Waals surface area contributed by atoms with Gasteiger partial charge in [0.1, 0.15) is 0 Å². The maximum absolute atomic E-state index is 5.66. The Bertz CT molecular complexity index is 985. The predicted molar refractivity (Wildman–Crippen MR) is 123 cm³/mol. The monoisotopic (exact) mass is 420 g/mol. The number of aromatic nitrogens is 1. The van der Waals surface area contributed by atoms with Gasteiger partial charge in [-0.2, -0.15) is 0 Å². The lowest BCUT2D eigenvalue weighted by atomic mass is 9.99. The van der Waals surface area contributed by atoms with Gasteiger partial charge in [-0.15, -0.1) is 0 Å². The molecule has 0 fully saturated rings. The van der Waals surface area contributed by atoms with E-state index in [1.165, 1.54) is 16.8 Å². The van der Waals surface area contributed by atoms with Crippen LogP contribution < -0.4 is 14.2 Å². The summed E-state index contributed by atoms with van der Waals surface area (Å²) in [5.74, 6) is 2.00. The van der Waals surface area contributed by atoms with Gasteiger partial charge >= 0.3 is 0 Å². The molecular formula is C26H32N2O3. The van der Waals surface area contributed by atoms with Crippen LogP contribution in [0.15, 0.2) is 54.7 Å². The summed E-state index contributed by atoms with van der Waals surface area (Å²) in [4.78, 5) is 2.56. The number of rotatable bonds is 7. The van der Waals surface area contributed by atoms with Crippen molar-refractivity contribution in [3.63, 3.8) is 0 Å². The molecule has 0 saturated carbocycles. The van der Waals surface area contributed by atoms with E-state index in [2.05, 4.69) is 71.1 Å². The van der Waals surface area contributed by atoms with Crippen LogP contribution in [0.5, 0.6) is 17.2 Å². The van der Waals surface area contributed by atoms with E-state index in [0.29, 0.717) is 17.2 Å². The molecule has 0 amide bonds. The van der Waals surface area contributed by atoms with Gasteiger partial charge in [-0.25, -0.2) is 0 Å². The van der Waals surface area contributed by atoms with E-state index in [9.17, 15) is 0 Å². The molecule has 1 aliphatic heterocycles. The Morgan fingerprint density at radius 1 is 0.871 bits per heavy atom. The van der Waals surface area contributed by atoms with Crippen LogP contribution in [0.3, 0.4) is 0 Å². The summed E-state index contributed by atoms with van der Waals surface area (Å²) in [6, 6.07) is 17.6. The molecule has 0 unspecified atom stereocenters. The number of benzene rings is 2. The molecule has 5 nitrogen and oxygen atoms in total. The van der Waals surface area contributed by atoms with Crippen LogP contribution in [0, 0.1) is 0 Å². The van der Waals surface area contributed by atoms with Crippen molar-refractivity contribution < 1.29 is 14.2 Å². The number of nitrogens with zero attached hydrogens (tertiary/aromatic N) is 2. The summed E-state index contributed by atoms with van der Waals surface area (Å²) in [5, 5.41) is 0. The highest BCUT2D eigenvalue weighted by molar-refractivity contribution is 5.55. The van der Waals surface area contributed by atoms with Crippen LogP contribution in [-0.2, 0) is 19.5 Å². The minimum absolute atomic E-state index is 0.0945. The molecule has 3 aromatic rings. The Morgan fingerprint density at radius 2 is 1.55 bits per heavy atom. The Labute approximate surface area is 185 Å². The quantitative estimate of drug-likeness (QED) is 0.535. The van der Waals surface area contributed by atoms with E-state index >= 15 is 0 Å². The highest BCUT2D eigenvalue weighted by Gasteiger charge is 2.29. The number of fused-ring (bicyclic) bond motifs is 1. The number of hydrogen-bond donors (Lipinski definition) is 0. The summed E-state index contributed by atoms with van der Waals surface area (Å²) >= 11 is 0. The Kier molecular flexibility index (Phi) is 6.52. The minimum Gasteiger partial charge on any atom is -0.493 e. The normalized spacial score (nSPS) is 16.5. The van der Waals surface area contributed by atoms with Crippen molar-refractivity contribution in [3.8, 4) is 17.2 Å².